The second kappa shape index (κ2) is 9.62. The highest BCUT2D eigenvalue weighted by molar-refractivity contribution is 5.94. The molecule has 138 valence electrons. The first-order chi connectivity index (χ1) is 12.5. The Morgan fingerprint density at radius 2 is 1.81 bits per heavy atom. The SMILES string of the molecule is COC(CNC(=O)CCNC(=O)c1ccc(F)cc1F)c1ccccc1. The number of benzene rings is 2. The maximum atomic E-state index is 13.5. The Hall–Kier alpha value is -2.80. The molecule has 2 rings (SSSR count). The number of nitrogens with one attached hydrogen (secondary N) is 2. The highest BCUT2D eigenvalue weighted by Crippen LogP contribution is 2.14. The first kappa shape index (κ1) is 19.5. The minimum absolute atomic E-state index is 0.0276. The summed E-state index contributed by atoms with van der Waals surface area (Å²) in [7, 11) is 1.56. The van der Waals surface area contributed by atoms with Crippen molar-refractivity contribution in [3.8, 4) is 0 Å². The fourth-order valence-electron chi connectivity index (χ4n) is 2.36. The highest BCUT2D eigenvalue weighted by Gasteiger charge is 2.14. The van der Waals surface area contributed by atoms with Crippen LogP contribution >= 0.6 is 0 Å². The summed E-state index contributed by atoms with van der Waals surface area (Å²) in [6.07, 6.45) is -0.247. The minimum atomic E-state index is -0.947. The number of hydrogen-bond acceptors (Lipinski definition) is 3. The summed E-state index contributed by atoms with van der Waals surface area (Å²) in [5, 5.41) is 5.16. The van der Waals surface area contributed by atoms with Crippen LogP contribution < -0.4 is 10.6 Å². The summed E-state index contributed by atoms with van der Waals surface area (Å²) in [5.74, 6) is -2.68. The van der Waals surface area contributed by atoms with Gasteiger partial charge in [0.25, 0.3) is 5.91 Å². The predicted octanol–water partition coefficient (Wildman–Crippen LogP) is 2.59. The molecule has 0 heterocycles. The van der Waals surface area contributed by atoms with E-state index in [1.54, 1.807) is 7.11 Å². The van der Waals surface area contributed by atoms with E-state index in [-0.39, 0.29) is 30.5 Å². The average Bonchev–Trinajstić information content (AvgIpc) is 2.63. The van der Waals surface area contributed by atoms with Crippen LogP contribution in [0.25, 0.3) is 0 Å². The van der Waals surface area contributed by atoms with E-state index in [9.17, 15) is 18.4 Å². The van der Waals surface area contributed by atoms with Gasteiger partial charge in [-0.05, 0) is 17.7 Å². The Kier molecular flexibility index (Phi) is 7.23. The Morgan fingerprint density at radius 3 is 2.46 bits per heavy atom. The van der Waals surface area contributed by atoms with Crippen molar-refractivity contribution in [2.24, 2.45) is 0 Å². The van der Waals surface area contributed by atoms with Crippen molar-refractivity contribution in [3.63, 3.8) is 0 Å². The molecule has 2 aromatic rings. The Morgan fingerprint density at radius 1 is 1.08 bits per heavy atom. The summed E-state index contributed by atoms with van der Waals surface area (Å²) in [5.41, 5.74) is 0.672. The van der Waals surface area contributed by atoms with Crippen molar-refractivity contribution in [1.82, 2.24) is 10.6 Å². The molecule has 0 radical (unpaired) electrons. The lowest BCUT2D eigenvalue weighted by Crippen LogP contribution is -2.33. The topological polar surface area (TPSA) is 67.4 Å². The van der Waals surface area contributed by atoms with Crippen LogP contribution in [0.1, 0.15) is 28.4 Å². The number of halogens is 2. The van der Waals surface area contributed by atoms with E-state index in [2.05, 4.69) is 10.6 Å². The third kappa shape index (κ3) is 5.63. The van der Waals surface area contributed by atoms with E-state index in [1.165, 1.54) is 0 Å². The van der Waals surface area contributed by atoms with Gasteiger partial charge in [0.05, 0.1) is 11.7 Å². The minimum Gasteiger partial charge on any atom is -0.375 e. The summed E-state index contributed by atoms with van der Waals surface area (Å²) in [6.45, 7) is 0.324. The van der Waals surface area contributed by atoms with Crippen molar-refractivity contribution < 1.29 is 23.1 Å². The molecular weight excluding hydrogens is 342 g/mol. The third-order valence-corrected chi connectivity index (χ3v) is 3.75. The lowest BCUT2D eigenvalue weighted by atomic mass is 10.1. The zero-order chi connectivity index (χ0) is 18.9. The Labute approximate surface area is 150 Å². The maximum Gasteiger partial charge on any atom is 0.254 e. The number of methoxy groups -OCH3 is 1. The average molecular weight is 362 g/mol. The van der Waals surface area contributed by atoms with Crippen molar-refractivity contribution in [1.29, 1.82) is 0 Å². The van der Waals surface area contributed by atoms with E-state index in [4.69, 9.17) is 4.74 Å². The highest BCUT2D eigenvalue weighted by atomic mass is 19.1. The lowest BCUT2D eigenvalue weighted by molar-refractivity contribution is -0.121. The monoisotopic (exact) mass is 362 g/mol. The van der Waals surface area contributed by atoms with Crippen LogP contribution in [0.3, 0.4) is 0 Å². The fraction of sp³-hybridized carbons (Fsp3) is 0.263. The molecule has 2 aromatic carbocycles. The van der Waals surface area contributed by atoms with Gasteiger partial charge in [0, 0.05) is 32.7 Å². The number of hydrogen-bond donors (Lipinski definition) is 2. The molecule has 0 aromatic heterocycles. The van der Waals surface area contributed by atoms with Gasteiger partial charge in [0.1, 0.15) is 11.6 Å². The van der Waals surface area contributed by atoms with E-state index in [0.717, 1.165) is 17.7 Å². The molecule has 7 heteroatoms. The van der Waals surface area contributed by atoms with Crippen LogP contribution in [0.2, 0.25) is 0 Å². The lowest BCUT2D eigenvalue weighted by Gasteiger charge is -2.16. The first-order valence-corrected chi connectivity index (χ1v) is 8.09. The largest absolute Gasteiger partial charge is 0.375 e. The van der Waals surface area contributed by atoms with E-state index in [1.807, 2.05) is 30.3 Å². The zero-order valence-electron chi connectivity index (χ0n) is 14.3. The van der Waals surface area contributed by atoms with Gasteiger partial charge in [0.2, 0.25) is 5.91 Å². The predicted molar refractivity (Wildman–Crippen MR) is 92.5 cm³/mol. The maximum absolute atomic E-state index is 13.5. The summed E-state index contributed by atoms with van der Waals surface area (Å²) in [4.78, 5) is 23.7. The van der Waals surface area contributed by atoms with Crippen LogP contribution in [0.15, 0.2) is 48.5 Å². The van der Waals surface area contributed by atoms with Crippen LogP contribution in [-0.4, -0.2) is 32.0 Å². The van der Waals surface area contributed by atoms with Gasteiger partial charge >= 0.3 is 0 Å². The van der Waals surface area contributed by atoms with Crippen LogP contribution in [0.4, 0.5) is 8.78 Å². The molecule has 0 bridgehead atoms. The molecular formula is C19H20F2N2O3. The van der Waals surface area contributed by atoms with Gasteiger partial charge < -0.3 is 15.4 Å². The number of carbonyl (C=O) groups excluding carboxylic acids is 2. The first-order valence-electron chi connectivity index (χ1n) is 8.09. The quantitative estimate of drug-likeness (QED) is 0.759. The van der Waals surface area contributed by atoms with Gasteiger partial charge in [-0.25, -0.2) is 8.78 Å². The summed E-state index contributed by atoms with van der Waals surface area (Å²) in [6, 6.07) is 12.1. The molecule has 0 spiro atoms. The number of ether oxygens (including phenoxy) is 1. The summed E-state index contributed by atoms with van der Waals surface area (Å²) < 4.78 is 31.7. The van der Waals surface area contributed by atoms with Gasteiger partial charge in [-0.2, -0.15) is 0 Å². The fourth-order valence-corrected chi connectivity index (χ4v) is 2.36. The molecule has 0 saturated heterocycles. The number of rotatable bonds is 8. The second-order valence-corrected chi connectivity index (χ2v) is 5.57. The van der Waals surface area contributed by atoms with Crippen LogP contribution in [0.5, 0.6) is 0 Å². The molecule has 2 amide bonds. The zero-order valence-corrected chi connectivity index (χ0v) is 14.3. The van der Waals surface area contributed by atoms with Crippen molar-refractivity contribution in [2.75, 3.05) is 20.2 Å². The van der Waals surface area contributed by atoms with Gasteiger partial charge in [-0.3, -0.25) is 9.59 Å². The molecule has 0 aliphatic heterocycles. The van der Waals surface area contributed by atoms with Gasteiger partial charge in [-0.15, -0.1) is 0 Å². The molecule has 1 unspecified atom stereocenters. The van der Waals surface area contributed by atoms with E-state index >= 15 is 0 Å². The molecule has 2 N–H and O–H groups in total. The smallest absolute Gasteiger partial charge is 0.254 e. The van der Waals surface area contributed by atoms with Crippen molar-refractivity contribution in [2.45, 2.75) is 12.5 Å². The third-order valence-electron chi connectivity index (χ3n) is 3.75. The molecule has 0 aliphatic rings. The van der Waals surface area contributed by atoms with Crippen LogP contribution in [-0.2, 0) is 9.53 Å². The van der Waals surface area contributed by atoms with E-state index in [0.29, 0.717) is 12.6 Å². The normalized spacial score (nSPS) is 11.7. The molecule has 0 fully saturated rings. The van der Waals surface area contributed by atoms with Crippen molar-refractivity contribution >= 4 is 11.8 Å². The molecule has 1 atom stereocenters. The number of carbonyl (C=O) groups is 2. The molecule has 0 saturated carbocycles. The van der Waals surface area contributed by atoms with Gasteiger partial charge in [-0.1, -0.05) is 30.3 Å². The van der Waals surface area contributed by atoms with Crippen LogP contribution in [0, 0.1) is 11.6 Å². The molecule has 26 heavy (non-hydrogen) atoms. The van der Waals surface area contributed by atoms with E-state index < -0.39 is 17.5 Å². The molecule has 0 aliphatic carbocycles. The molecule has 5 nitrogen and oxygen atoms in total. The van der Waals surface area contributed by atoms with Gasteiger partial charge in [0.15, 0.2) is 0 Å². The standard InChI is InChI=1S/C19H20F2N2O3/c1-26-17(13-5-3-2-4-6-13)12-23-18(24)9-10-22-19(25)15-8-7-14(20)11-16(15)21/h2-8,11,17H,9-10,12H2,1H3,(H,22,25)(H,23,24). The van der Waals surface area contributed by atoms with Crippen molar-refractivity contribution in [3.05, 3.63) is 71.3 Å². The summed E-state index contributed by atoms with van der Waals surface area (Å²) >= 11 is 0. The Balaban J connectivity index is 1.75. The Bertz CT molecular complexity index is 754. The number of amides is 2. The second-order valence-electron chi connectivity index (χ2n) is 5.57.